The molecule has 0 radical (unpaired) electrons. The van der Waals surface area contributed by atoms with Gasteiger partial charge in [-0.2, -0.15) is 5.26 Å². The topological polar surface area (TPSA) is 107 Å². The minimum atomic E-state index is -4.14. The summed E-state index contributed by atoms with van der Waals surface area (Å²) in [7, 11) is -4.14. The normalized spacial score (nSPS) is 18.8. The van der Waals surface area contributed by atoms with E-state index < -0.39 is 21.5 Å². The van der Waals surface area contributed by atoms with Gasteiger partial charge in [-0.3, -0.25) is 9.59 Å². The average Bonchev–Trinajstić information content (AvgIpc) is 3.18. The summed E-state index contributed by atoms with van der Waals surface area (Å²) in [6, 6.07) is 11.1. The van der Waals surface area contributed by atoms with E-state index in [-0.39, 0.29) is 22.8 Å². The van der Waals surface area contributed by atoms with Gasteiger partial charge in [0.15, 0.2) is 0 Å². The molecule has 1 atom stereocenters. The van der Waals surface area contributed by atoms with Crippen LogP contribution in [0, 0.1) is 11.3 Å². The summed E-state index contributed by atoms with van der Waals surface area (Å²) in [5.74, 6) is -0.924. The summed E-state index contributed by atoms with van der Waals surface area (Å²) in [4.78, 5) is 27.6. The molecule has 1 aromatic carbocycles. The van der Waals surface area contributed by atoms with E-state index in [0.717, 1.165) is 4.88 Å². The number of sulfonamides is 1. The van der Waals surface area contributed by atoms with Gasteiger partial charge in [-0.1, -0.05) is 12.1 Å². The third-order valence-corrected chi connectivity index (χ3v) is 7.14. The van der Waals surface area contributed by atoms with Crippen molar-refractivity contribution < 1.29 is 18.0 Å². The number of carbonyl (C=O) groups is 2. The number of hydrogen-bond donors (Lipinski definition) is 1. The Morgan fingerprint density at radius 3 is 2.71 bits per heavy atom. The van der Waals surface area contributed by atoms with Crippen molar-refractivity contribution in [2.75, 3.05) is 6.54 Å². The number of rotatable bonds is 6. The quantitative estimate of drug-likeness (QED) is 0.774. The number of nitriles is 1. The number of carbonyl (C=O) groups excluding carboxylic acids is 2. The fourth-order valence-corrected chi connectivity index (χ4v) is 4.87. The monoisotopic (exact) mass is 417 g/mol. The van der Waals surface area contributed by atoms with Gasteiger partial charge in [0.2, 0.25) is 5.91 Å². The Morgan fingerprint density at radius 2 is 2.11 bits per heavy atom. The summed E-state index contributed by atoms with van der Waals surface area (Å²) >= 11 is 1.56. The average molecular weight is 418 g/mol. The lowest BCUT2D eigenvalue weighted by molar-refractivity contribution is -0.156. The predicted octanol–water partition coefficient (Wildman–Crippen LogP) is 2.05. The Labute approximate surface area is 167 Å². The van der Waals surface area contributed by atoms with Crippen molar-refractivity contribution >= 4 is 33.2 Å². The van der Waals surface area contributed by atoms with Crippen LogP contribution in [0.3, 0.4) is 0 Å². The summed E-state index contributed by atoms with van der Waals surface area (Å²) in [6.45, 7) is 1.98. The van der Waals surface area contributed by atoms with E-state index in [9.17, 15) is 18.0 Å². The molecule has 9 heteroatoms. The molecule has 1 aliphatic heterocycles. The highest BCUT2D eigenvalue weighted by molar-refractivity contribution is 7.90. The molecule has 2 aromatic rings. The third kappa shape index (κ3) is 3.93. The van der Waals surface area contributed by atoms with Crippen LogP contribution in [-0.4, -0.2) is 37.2 Å². The Kier molecular flexibility index (Phi) is 5.54. The molecule has 3 rings (SSSR count). The molecule has 1 aromatic heterocycles. The Morgan fingerprint density at radius 1 is 1.32 bits per heavy atom. The zero-order chi connectivity index (χ0) is 20.4. The van der Waals surface area contributed by atoms with Crippen molar-refractivity contribution in [3.05, 3.63) is 52.2 Å². The van der Waals surface area contributed by atoms with Crippen molar-refractivity contribution in [3.8, 4) is 6.07 Å². The lowest BCUT2D eigenvalue weighted by Crippen LogP contribution is -2.67. The Balaban J connectivity index is 1.68. The molecule has 1 fully saturated rings. The van der Waals surface area contributed by atoms with E-state index in [1.807, 2.05) is 23.6 Å². The van der Waals surface area contributed by atoms with Crippen molar-refractivity contribution in [1.82, 2.24) is 9.62 Å². The first-order valence-corrected chi connectivity index (χ1v) is 11.0. The van der Waals surface area contributed by atoms with Gasteiger partial charge in [0, 0.05) is 17.8 Å². The molecule has 0 spiro atoms. The second kappa shape index (κ2) is 7.73. The SMILES string of the molecule is CC1(C(=O)NS(=O)(=O)c2cccc(C#N)c2)CCN1C(=O)CCc1cccs1. The summed E-state index contributed by atoms with van der Waals surface area (Å²) < 4.78 is 27.1. The van der Waals surface area contributed by atoms with Gasteiger partial charge in [0.25, 0.3) is 15.9 Å². The van der Waals surface area contributed by atoms with E-state index in [1.54, 1.807) is 18.3 Å². The highest BCUT2D eigenvalue weighted by atomic mass is 32.2. The zero-order valence-electron chi connectivity index (χ0n) is 15.2. The van der Waals surface area contributed by atoms with Crippen molar-refractivity contribution in [3.63, 3.8) is 0 Å². The third-order valence-electron chi connectivity index (χ3n) is 4.87. The number of nitrogens with one attached hydrogen (secondary N) is 1. The molecule has 2 amide bonds. The van der Waals surface area contributed by atoms with Gasteiger partial charge in [0.05, 0.1) is 16.5 Å². The Bertz CT molecular complexity index is 1040. The molecule has 0 saturated carbocycles. The van der Waals surface area contributed by atoms with Crippen LogP contribution in [0.25, 0.3) is 0 Å². The maximum Gasteiger partial charge on any atom is 0.264 e. The fourth-order valence-electron chi connectivity index (χ4n) is 3.04. The molecule has 1 aliphatic rings. The summed E-state index contributed by atoms with van der Waals surface area (Å²) in [5, 5.41) is 10.9. The maximum absolute atomic E-state index is 12.7. The van der Waals surface area contributed by atoms with Gasteiger partial charge in [-0.15, -0.1) is 11.3 Å². The van der Waals surface area contributed by atoms with Crippen LogP contribution in [0.15, 0.2) is 46.7 Å². The van der Waals surface area contributed by atoms with Gasteiger partial charge < -0.3 is 4.90 Å². The number of nitrogens with zero attached hydrogens (tertiary/aromatic N) is 2. The van der Waals surface area contributed by atoms with E-state index in [1.165, 1.54) is 29.2 Å². The molecule has 1 N–H and O–H groups in total. The molecule has 1 saturated heterocycles. The van der Waals surface area contributed by atoms with Crippen LogP contribution in [0.2, 0.25) is 0 Å². The molecular weight excluding hydrogens is 398 g/mol. The number of likely N-dealkylation sites (tertiary alicyclic amines) is 1. The molecule has 0 aliphatic carbocycles. The van der Waals surface area contributed by atoms with Gasteiger partial charge in [-0.05, 0) is 49.4 Å². The fraction of sp³-hybridized carbons (Fsp3) is 0.316. The first-order valence-electron chi connectivity index (χ1n) is 8.66. The molecule has 0 bridgehead atoms. The smallest absolute Gasteiger partial charge is 0.264 e. The first kappa shape index (κ1) is 20.0. The van der Waals surface area contributed by atoms with Crippen LogP contribution in [-0.2, 0) is 26.0 Å². The molecule has 2 heterocycles. The molecule has 7 nitrogen and oxygen atoms in total. The molecule has 28 heavy (non-hydrogen) atoms. The van der Waals surface area contributed by atoms with E-state index in [0.29, 0.717) is 19.4 Å². The lowest BCUT2D eigenvalue weighted by Gasteiger charge is -2.49. The second-order valence-corrected chi connectivity index (χ2v) is 9.44. The van der Waals surface area contributed by atoms with Crippen LogP contribution in [0.1, 0.15) is 30.2 Å². The highest BCUT2D eigenvalue weighted by Crippen LogP contribution is 2.32. The van der Waals surface area contributed by atoms with E-state index in [4.69, 9.17) is 5.26 Å². The number of thiophene rings is 1. The second-order valence-electron chi connectivity index (χ2n) is 6.72. The van der Waals surface area contributed by atoms with Crippen LogP contribution < -0.4 is 4.72 Å². The van der Waals surface area contributed by atoms with Crippen LogP contribution in [0.4, 0.5) is 0 Å². The molecular formula is C19H19N3O4S2. The van der Waals surface area contributed by atoms with Crippen LogP contribution >= 0.6 is 11.3 Å². The minimum Gasteiger partial charge on any atom is -0.328 e. The number of amides is 2. The first-order chi connectivity index (χ1) is 13.3. The van der Waals surface area contributed by atoms with Crippen molar-refractivity contribution in [1.29, 1.82) is 5.26 Å². The van der Waals surface area contributed by atoms with Gasteiger partial charge >= 0.3 is 0 Å². The van der Waals surface area contributed by atoms with Gasteiger partial charge in [-0.25, -0.2) is 13.1 Å². The summed E-state index contributed by atoms with van der Waals surface area (Å²) in [5.41, 5.74) is -1.03. The maximum atomic E-state index is 12.7. The number of benzene rings is 1. The minimum absolute atomic E-state index is 0.168. The largest absolute Gasteiger partial charge is 0.328 e. The van der Waals surface area contributed by atoms with Gasteiger partial charge in [0.1, 0.15) is 5.54 Å². The van der Waals surface area contributed by atoms with Crippen molar-refractivity contribution in [2.24, 2.45) is 0 Å². The number of aryl methyl sites for hydroxylation is 1. The Hall–Kier alpha value is -2.70. The summed E-state index contributed by atoms with van der Waals surface area (Å²) in [6.07, 6.45) is 1.24. The van der Waals surface area contributed by atoms with E-state index in [2.05, 4.69) is 4.72 Å². The van der Waals surface area contributed by atoms with Crippen molar-refractivity contribution in [2.45, 2.75) is 36.6 Å². The molecule has 1 unspecified atom stereocenters. The zero-order valence-corrected chi connectivity index (χ0v) is 16.8. The van der Waals surface area contributed by atoms with E-state index >= 15 is 0 Å². The highest BCUT2D eigenvalue weighted by Gasteiger charge is 2.50. The predicted molar refractivity (Wildman–Crippen MR) is 104 cm³/mol. The standard InChI is InChI=1S/C19H19N3O4S2/c1-19(9-10-22(19)17(23)8-7-15-5-3-11-27-15)18(24)21-28(25,26)16-6-2-4-14(12-16)13-20/h2-6,11-12H,7-10H2,1H3,(H,21,24). The molecule has 146 valence electrons. The number of hydrogen-bond acceptors (Lipinski definition) is 6. The van der Waals surface area contributed by atoms with Crippen LogP contribution in [0.5, 0.6) is 0 Å². The lowest BCUT2D eigenvalue weighted by atomic mass is 9.85.